The van der Waals surface area contributed by atoms with Crippen LogP contribution in [0.3, 0.4) is 0 Å². The van der Waals surface area contributed by atoms with Gasteiger partial charge in [-0.15, -0.1) is 0 Å². The lowest BCUT2D eigenvalue weighted by molar-refractivity contribution is 0.0671. The van der Waals surface area contributed by atoms with Crippen molar-refractivity contribution in [2.24, 2.45) is 5.92 Å². The Balaban J connectivity index is 1.83. The summed E-state index contributed by atoms with van der Waals surface area (Å²) < 4.78 is 29.0. The minimum absolute atomic E-state index is 0.0795. The largest absolute Gasteiger partial charge is 0.338 e. The molecule has 0 saturated carbocycles. The second kappa shape index (κ2) is 8.66. The number of amides is 1. The number of carbonyl (C=O) groups is 1. The third-order valence-electron chi connectivity index (χ3n) is 5.14. The molecule has 2 aromatic carbocycles. The smallest absolute Gasteiger partial charge is 0.261 e. The summed E-state index contributed by atoms with van der Waals surface area (Å²) in [6.45, 7) is 5.49. The number of rotatable bonds is 5. The van der Waals surface area contributed by atoms with Crippen LogP contribution in [0, 0.1) is 12.8 Å². The van der Waals surface area contributed by atoms with E-state index in [0.717, 1.165) is 37.9 Å². The Morgan fingerprint density at radius 3 is 2.79 bits per heavy atom. The van der Waals surface area contributed by atoms with E-state index >= 15 is 0 Å². The number of anilines is 1. The molecule has 1 N–H and O–H groups in total. The molecule has 7 heteroatoms. The van der Waals surface area contributed by atoms with Gasteiger partial charge in [0.25, 0.3) is 15.9 Å². The zero-order valence-corrected chi connectivity index (χ0v) is 18.5. The molecule has 3 rings (SSSR count). The molecule has 1 aliphatic rings. The molecule has 1 aliphatic heterocycles. The van der Waals surface area contributed by atoms with Crippen molar-refractivity contribution in [2.45, 2.75) is 38.0 Å². The number of piperidine rings is 1. The van der Waals surface area contributed by atoms with Crippen molar-refractivity contribution in [1.82, 2.24) is 4.90 Å². The number of nitrogens with zero attached hydrogens (tertiary/aromatic N) is 1. The fraction of sp³-hybridized carbons (Fsp3) is 0.381. The second-order valence-corrected chi connectivity index (χ2v) is 9.82. The molecule has 1 fully saturated rings. The number of nitrogens with one attached hydrogen (secondary N) is 1. The molecule has 1 saturated heterocycles. The molecule has 0 radical (unpaired) electrons. The summed E-state index contributed by atoms with van der Waals surface area (Å²) in [6.07, 6.45) is 3.18. The van der Waals surface area contributed by atoms with Crippen LogP contribution in [0.15, 0.2) is 51.8 Å². The molecule has 0 aliphatic carbocycles. The molecule has 1 heterocycles. The molecule has 2 aromatic rings. The molecule has 150 valence electrons. The van der Waals surface area contributed by atoms with Crippen molar-refractivity contribution in [1.29, 1.82) is 0 Å². The summed E-state index contributed by atoms with van der Waals surface area (Å²) in [5, 5.41) is 0. The van der Waals surface area contributed by atoms with Crippen LogP contribution in [0.1, 0.15) is 42.1 Å². The van der Waals surface area contributed by atoms with Gasteiger partial charge in [-0.2, -0.15) is 0 Å². The Hall–Kier alpha value is -1.86. The minimum atomic E-state index is -3.81. The Bertz CT molecular complexity index is 975. The summed E-state index contributed by atoms with van der Waals surface area (Å²) in [4.78, 5) is 14.8. The van der Waals surface area contributed by atoms with Gasteiger partial charge in [-0.3, -0.25) is 9.52 Å². The summed E-state index contributed by atoms with van der Waals surface area (Å²) >= 11 is 3.37. The number of hydrogen-bond acceptors (Lipinski definition) is 3. The van der Waals surface area contributed by atoms with E-state index in [4.69, 9.17) is 0 Å². The minimum Gasteiger partial charge on any atom is -0.338 e. The van der Waals surface area contributed by atoms with E-state index in [1.165, 1.54) is 12.1 Å². The SMILES string of the molecule is CCC1CCCN(C(=O)c2cccc(S(=O)(=O)Nc3cc(C)ccc3Br)c2)C1. The Morgan fingerprint density at radius 2 is 2.04 bits per heavy atom. The van der Waals surface area contributed by atoms with Crippen molar-refractivity contribution in [3.8, 4) is 0 Å². The maximum atomic E-state index is 12.9. The highest BCUT2D eigenvalue weighted by Crippen LogP contribution is 2.27. The maximum absolute atomic E-state index is 12.9. The highest BCUT2D eigenvalue weighted by atomic mass is 79.9. The van der Waals surface area contributed by atoms with E-state index in [2.05, 4.69) is 27.6 Å². The first-order valence-electron chi connectivity index (χ1n) is 9.48. The monoisotopic (exact) mass is 464 g/mol. The van der Waals surface area contributed by atoms with Crippen molar-refractivity contribution in [3.05, 3.63) is 58.1 Å². The fourth-order valence-corrected chi connectivity index (χ4v) is 5.08. The molecule has 1 atom stereocenters. The second-order valence-electron chi connectivity index (χ2n) is 7.28. The Morgan fingerprint density at radius 1 is 1.25 bits per heavy atom. The predicted molar refractivity (Wildman–Crippen MR) is 115 cm³/mol. The van der Waals surface area contributed by atoms with Crippen LogP contribution in [0.4, 0.5) is 5.69 Å². The lowest BCUT2D eigenvalue weighted by Gasteiger charge is -2.32. The molecule has 0 aromatic heterocycles. The zero-order valence-electron chi connectivity index (χ0n) is 16.1. The Labute approximate surface area is 175 Å². The van der Waals surface area contributed by atoms with Crippen LogP contribution in [-0.2, 0) is 10.0 Å². The van der Waals surface area contributed by atoms with Crippen LogP contribution in [-0.4, -0.2) is 32.3 Å². The third kappa shape index (κ3) is 4.75. The van der Waals surface area contributed by atoms with E-state index < -0.39 is 10.0 Å². The lowest BCUT2D eigenvalue weighted by atomic mass is 9.95. The van der Waals surface area contributed by atoms with Crippen molar-refractivity contribution in [2.75, 3.05) is 17.8 Å². The first kappa shape index (κ1) is 20.9. The lowest BCUT2D eigenvalue weighted by Crippen LogP contribution is -2.39. The van der Waals surface area contributed by atoms with Gasteiger partial charge in [0.15, 0.2) is 0 Å². The molecule has 0 bridgehead atoms. The average Bonchev–Trinajstić information content (AvgIpc) is 2.70. The van der Waals surface area contributed by atoms with Gasteiger partial charge < -0.3 is 4.90 Å². The van der Waals surface area contributed by atoms with E-state index in [1.807, 2.05) is 17.9 Å². The van der Waals surface area contributed by atoms with Crippen LogP contribution in [0.2, 0.25) is 0 Å². The quantitative estimate of drug-likeness (QED) is 0.689. The van der Waals surface area contributed by atoms with Gasteiger partial charge >= 0.3 is 0 Å². The maximum Gasteiger partial charge on any atom is 0.261 e. The number of hydrogen-bond donors (Lipinski definition) is 1. The summed E-state index contributed by atoms with van der Waals surface area (Å²) in [5.41, 5.74) is 1.82. The number of aryl methyl sites for hydroxylation is 1. The summed E-state index contributed by atoms with van der Waals surface area (Å²) in [7, 11) is -3.81. The molecular formula is C21H25BrN2O3S. The molecule has 1 amide bonds. The van der Waals surface area contributed by atoms with Gasteiger partial charge in [0.2, 0.25) is 0 Å². The van der Waals surface area contributed by atoms with Gasteiger partial charge in [-0.25, -0.2) is 8.42 Å². The number of likely N-dealkylation sites (tertiary alicyclic amines) is 1. The first-order chi connectivity index (χ1) is 13.3. The normalized spacial score (nSPS) is 17.4. The van der Waals surface area contributed by atoms with Crippen LogP contribution in [0.5, 0.6) is 0 Å². The van der Waals surface area contributed by atoms with Crippen molar-refractivity contribution < 1.29 is 13.2 Å². The topological polar surface area (TPSA) is 66.5 Å². The van der Waals surface area contributed by atoms with E-state index in [9.17, 15) is 13.2 Å². The van der Waals surface area contributed by atoms with Gasteiger partial charge in [0.1, 0.15) is 0 Å². The Kier molecular flexibility index (Phi) is 6.45. The van der Waals surface area contributed by atoms with Crippen LogP contribution in [0.25, 0.3) is 0 Å². The van der Waals surface area contributed by atoms with Gasteiger partial charge in [0, 0.05) is 23.1 Å². The molecule has 28 heavy (non-hydrogen) atoms. The zero-order chi connectivity index (χ0) is 20.3. The van der Waals surface area contributed by atoms with Crippen molar-refractivity contribution in [3.63, 3.8) is 0 Å². The van der Waals surface area contributed by atoms with E-state index in [-0.39, 0.29) is 10.8 Å². The molecular weight excluding hydrogens is 440 g/mol. The van der Waals surface area contributed by atoms with Crippen LogP contribution >= 0.6 is 15.9 Å². The third-order valence-corrected chi connectivity index (χ3v) is 7.20. The molecule has 1 unspecified atom stereocenters. The number of halogens is 1. The number of carbonyl (C=O) groups excluding carboxylic acids is 1. The standard InChI is InChI=1S/C21H25BrN2O3S/c1-3-16-6-5-11-24(14-16)21(25)17-7-4-8-18(13-17)28(26,27)23-20-12-15(2)9-10-19(20)22/h4,7-10,12-13,16,23H,3,5-6,11,14H2,1-2H3. The van der Waals surface area contributed by atoms with Gasteiger partial charge in [0.05, 0.1) is 10.6 Å². The number of benzene rings is 2. The molecule has 5 nitrogen and oxygen atoms in total. The van der Waals surface area contributed by atoms with Gasteiger partial charge in [-0.05, 0) is 77.5 Å². The first-order valence-corrected chi connectivity index (χ1v) is 11.8. The summed E-state index contributed by atoms with van der Waals surface area (Å²) in [5.74, 6) is 0.414. The number of sulfonamides is 1. The van der Waals surface area contributed by atoms with Crippen molar-refractivity contribution >= 4 is 37.5 Å². The fourth-order valence-electron chi connectivity index (χ4n) is 3.48. The summed E-state index contributed by atoms with van der Waals surface area (Å²) in [6, 6.07) is 11.7. The van der Waals surface area contributed by atoms with E-state index in [1.54, 1.807) is 24.3 Å². The predicted octanol–water partition coefficient (Wildman–Crippen LogP) is 4.82. The van der Waals surface area contributed by atoms with Gasteiger partial charge in [-0.1, -0.05) is 25.5 Å². The van der Waals surface area contributed by atoms with E-state index in [0.29, 0.717) is 21.6 Å². The van der Waals surface area contributed by atoms with Crippen LogP contribution < -0.4 is 4.72 Å². The highest BCUT2D eigenvalue weighted by molar-refractivity contribution is 9.10. The highest BCUT2D eigenvalue weighted by Gasteiger charge is 2.25. The average molecular weight is 465 g/mol. The molecule has 0 spiro atoms.